The van der Waals surface area contributed by atoms with Crippen molar-refractivity contribution < 1.29 is 9.53 Å². The highest BCUT2D eigenvalue weighted by atomic mass is 79.9. The van der Waals surface area contributed by atoms with Crippen molar-refractivity contribution in [3.63, 3.8) is 0 Å². The highest BCUT2D eigenvalue weighted by Gasteiger charge is 2.14. The predicted molar refractivity (Wildman–Crippen MR) is 75.1 cm³/mol. The molecule has 1 atom stereocenters. The molecule has 1 aromatic carbocycles. The zero-order valence-corrected chi connectivity index (χ0v) is 12.3. The first-order valence-electron chi connectivity index (χ1n) is 5.39. The van der Waals surface area contributed by atoms with Gasteiger partial charge in [0.05, 0.1) is 12.5 Å². The monoisotopic (exact) mass is 317 g/mol. The van der Waals surface area contributed by atoms with E-state index in [2.05, 4.69) is 15.9 Å². The van der Waals surface area contributed by atoms with Gasteiger partial charge in [-0.25, -0.2) is 0 Å². The molecular weight excluding hydrogens is 302 g/mol. The Hall–Kier alpha value is -0.680. The maximum Gasteiger partial charge on any atom is 0.309 e. The molecule has 0 heterocycles. The zero-order chi connectivity index (χ0) is 12.8. The van der Waals surface area contributed by atoms with Crippen molar-refractivity contribution in [2.75, 3.05) is 18.1 Å². The summed E-state index contributed by atoms with van der Waals surface area (Å²) in [6.07, 6.45) is 0. The standard InChI is InChI=1S/C12H16BrNO2S/c1-3-16-12(15)8(2)7-17-11-5-4-9(13)6-10(11)14/h4-6,8H,3,7,14H2,1-2H3. The number of esters is 1. The third kappa shape index (κ3) is 4.60. The van der Waals surface area contributed by atoms with Crippen LogP contribution in [0.1, 0.15) is 13.8 Å². The van der Waals surface area contributed by atoms with Crippen molar-refractivity contribution >= 4 is 39.3 Å². The third-order valence-electron chi connectivity index (χ3n) is 2.15. The Balaban J connectivity index is 2.52. The summed E-state index contributed by atoms with van der Waals surface area (Å²) < 4.78 is 5.91. The normalized spacial score (nSPS) is 12.2. The first-order chi connectivity index (χ1) is 8.04. The van der Waals surface area contributed by atoms with Crippen LogP contribution >= 0.6 is 27.7 Å². The molecule has 0 aliphatic rings. The number of rotatable bonds is 5. The molecule has 0 aliphatic heterocycles. The van der Waals surface area contributed by atoms with E-state index in [9.17, 15) is 4.79 Å². The molecule has 1 rings (SSSR count). The Morgan fingerprint density at radius 1 is 1.59 bits per heavy atom. The van der Waals surface area contributed by atoms with Gasteiger partial charge >= 0.3 is 5.97 Å². The first-order valence-corrected chi connectivity index (χ1v) is 7.17. The van der Waals surface area contributed by atoms with Crippen molar-refractivity contribution in [2.45, 2.75) is 18.7 Å². The maximum absolute atomic E-state index is 11.4. The van der Waals surface area contributed by atoms with E-state index in [1.54, 1.807) is 11.8 Å². The van der Waals surface area contributed by atoms with E-state index in [1.807, 2.05) is 32.0 Å². The predicted octanol–water partition coefficient (Wildman–Crippen LogP) is 3.32. The molecule has 0 saturated carbocycles. The van der Waals surface area contributed by atoms with Gasteiger partial charge in [0, 0.05) is 20.8 Å². The number of carbonyl (C=O) groups is 1. The van der Waals surface area contributed by atoms with Gasteiger partial charge in [-0.05, 0) is 25.1 Å². The van der Waals surface area contributed by atoms with Gasteiger partial charge in [-0.3, -0.25) is 4.79 Å². The molecule has 1 unspecified atom stereocenters. The van der Waals surface area contributed by atoms with E-state index in [4.69, 9.17) is 10.5 Å². The van der Waals surface area contributed by atoms with Crippen LogP contribution < -0.4 is 5.73 Å². The van der Waals surface area contributed by atoms with Crippen molar-refractivity contribution in [3.8, 4) is 0 Å². The molecule has 0 saturated heterocycles. The largest absolute Gasteiger partial charge is 0.466 e. The number of hydrogen-bond acceptors (Lipinski definition) is 4. The Morgan fingerprint density at radius 3 is 2.88 bits per heavy atom. The van der Waals surface area contributed by atoms with Crippen LogP contribution in [0.15, 0.2) is 27.6 Å². The molecular formula is C12H16BrNO2S. The lowest BCUT2D eigenvalue weighted by atomic mass is 10.2. The number of nitrogens with two attached hydrogens (primary N) is 1. The molecule has 0 spiro atoms. The lowest BCUT2D eigenvalue weighted by molar-refractivity contribution is -0.146. The first kappa shape index (κ1) is 14.4. The van der Waals surface area contributed by atoms with Gasteiger partial charge in [0.15, 0.2) is 0 Å². The van der Waals surface area contributed by atoms with E-state index in [0.717, 1.165) is 15.1 Å². The summed E-state index contributed by atoms with van der Waals surface area (Å²) in [4.78, 5) is 12.4. The van der Waals surface area contributed by atoms with Crippen LogP contribution in [0.2, 0.25) is 0 Å². The minimum Gasteiger partial charge on any atom is -0.466 e. The fourth-order valence-electron chi connectivity index (χ4n) is 1.22. The molecule has 5 heteroatoms. The van der Waals surface area contributed by atoms with Crippen molar-refractivity contribution in [3.05, 3.63) is 22.7 Å². The molecule has 0 fully saturated rings. The molecule has 2 N–H and O–H groups in total. The summed E-state index contributed by atoms with van der Waals surface area (Å²) in [6.45, 7) is 4.10. The molecule has 0 radical (unpaired) electrons. The Bertz CT molecular complexity index is 398. The number of hydrogen-bond donors (Lipinski definition) is 1. The van der Waals surface area contributed by atoms with Crippen LogP contribution in [-0.2, 0) is 9.53 Å². The van der Waals surface area contributed by atoms with Crippen molar-refractivity contribution in [1.82, 2.24) is 0 Å². The highest BCUT2D eigenvalue weighted by molar-refractivity contribution is 9.10. The van der Waals surface area contributed by atoms with Crippen LogP contribution in [0.5, 0.6) is 0 Å². The summed E-state index contributed by atoms with van der Waals surface area (Å²) in [5.74, 6) is 0.392. The zero-order valence-electron chi connectivity index (χ0n) is 9.90. The number of ether oxygens (including phenoxy) is 1. The van der Waals surface area contributed by atoms with E-state index < -0.39 is 0 Å². The van der Waals surface area contributed by atoms with Crippen LogP contribution in [0.4, 0.5) is 5.69 Å². The van der Waals surface area contributed by atoms with Crippen LogP contribution in [0, 0.1) is 5.92 Å². The number of benzene rings is 1. The summed E-state index contributed by atoms with van der Waals surface area (Å²) >= 11 is 4.93. The van der Waals surface area contributed by atoms with Crippen LogP contribution in [0.3, 0.4) is 0 Å². The highest BCUT2D eigenvalue weighted by Crippen LogP contribution is 2.29. The van der Waals surface area contributed by atoms with Crippen LogP contribution in [-0.4, -0.2) is 18.3 Å². The molecule has 0 aliphatic carbocycles. The van der Waals surface area contributed by atoms with Gasteiger partial charge < -0.3 is 10.5 Å². The van der Waals surface area contributed by atoms with Crippen LogP contribution in [0.25, 0.3) is 0 Å². The molecule has 0 bridgehead atoms. The quantitative estimate of drug-likeness (QED) is 0.514. The van der Waals surface area contributed by atoms with Gasteiger partial charge in [-0.2, -0.15) is 0 Å². The minimum absolute atomic E-state index is 0.122. The Kier molecular flexibility index (Phi) is 5.85. The molecule has 0 aromatic heterocycles. The van der Waals surface area contributed by atoms with E-state index in [0.29, 0.717) is 12.4 Å². The second-order valence-electron chi connectivity index (χ2n) is 3.65. The van der Waals surface area contributed by atoms with E-state index in [1.165, 1.54) is 0 Å². The fourth-order valence-corrected chi connectivity index (χ4v) is 2.55. The topological polar surface area (TPSA) is 52.3 Å². The molecule has 3 nitrogen and oxygen atoms in total. The number of thioether (sulfide) groups is 1. The van der Waals surface area contributed by atoms with Gasteiger partial charge in [-0.1, -0.05) is 22.9 Å². The summed E-state index contributed by atoms with van der Waals surface area (Å²) in [5.41, 5.74) is 6.60. The summed E-state index contributed by atoms with van der Waals surface area (Å²) in [7, 11) is 0. The number of halogens is 1. The molecule has 1 aromatic rings. The second-order valence-corrected chi connectivity index (χ2v) is 5.62. The maximum atomic E-state index is 11.4. The SMILES string of the molecule is CCOC(=O)C(C)CSc1ccc(Br)cc1N. The summed E-state index contributed by atoms with van der Waals surface area (Å²) in [6, 6.07) is 5.74. The number of carbonyl (C=O) groups excluding carboxylic acids is 1. The average Bonchev–Trinajstić information content (AvgIpc) is 2.27. The van der Waals surface area contributed by atoms with Gasteiger partial charge in [-0.15, -0.1) is 11.8 Å². The Labute approximate surface area is 114 Å². The van der Waals surface area contributed by atoms with E-state index >= 15 is 0 Å². The van der Waals surface area contributed by atoms with Gasteiger partial charge in [0.2, 0.25) is 0 Å². The minimum atomic E-state index is -0.157. The van der Waals surface area contributed by atoms with Crippen molar-refractivity contribution in [2.24, 2.45) is 5.92 Å². The number of nitrogen functional groups attached to an aromatic ring is 1. The smallest absolute Gasteiger partial charge is 0.309 e. The van der Waals surface area contributed by atoms with Gasteiger partial charge in [0.25, 0.3) is 0 Å². The number of anilines is 1. The molecule has 0 amide bonds. The Morgan fingerprint density at radius 2 is 2.29 bits per heavy atom. The second kappa shape index (κ2) is 6.91. The third-order valence-corrected chi connectivity index (χ3v) is 3.99. The molecule has 17 heavy (non-hydrogen) atoms. The molecule has 94 valence electrons. The fraction of sp³-hybridized carbons (Fsp3) is 0.417. The summed E-state index contributed by atoms with van der Waals surface area (Å²) in [5, 5.41) is 0. The van der Waals surface area contributed by atoms with E-state index in [-0.39, 0.29) is 11.9 Å². The van der Waals surface area contributed by atoms with Crippen molar-refractivity contribution in [1.29, 1.82) is 0 Å². The lowest BCUT2D eigenvalue weighted by Gasteiger charge is -2.11. The lowest BCUT2D eigenvalue weighted by Crippen LogP contribution is -2.16. The average molecular weight is 318 g/mol. The van der Waals surface area contributed by atoms with Gasteiger partial charge in [0.1, 0.15) is 0 Å².